The number of nitrogens with zero attached hydrogens (tertiary/aromatic N) is 1. The smallest absolute Gasteiger partial charge is 0.343 e. The number of carbonyl (C=O) groups excluding carboxylic acids is 3. The largest absolute Gasteiger partial charge is 0.515 e. The van der Waals surface area contributed by atoms with Crippen molar-refractivity contribution in [2.75, 3.05) is 13.7 Å². The molecule has 1 aliphatic rings. The Kier molecular flexibility index (Phi) is 8.93. The molecule has 190 valence electrons. The summed E-state index contributed by atoms with van der Waals surface area (Å²) in [5.74, 6) is -2.46. The maximum atomic E-state index is 12.9. The van der Waals surface area contributed by atoms with E-state index in [1.54, 1.807) is 12.1 Å². The van der Waals surface area contributed by atoms with E-state index in [2.05, 4.69) is 10.1 Å². The Balaban J connectivity index is 1.57. The second-order valence-corrected chi connectivity index (χ2v) is 8.31. The Labute approximate surface area is 208 Å². The Morgan fingerprint density at radius 3 is 2.39 bits per heavy atom. The lowest BCUT2D eigenvalue weighted by atomic mass is 10.0. The summed E-state index contributed by atoms with van der Waals surface area (Å²) in [7, 11) is 1.14. The zero-order valence-corrected chi connectivity index (χ0v) is 19.8. The Morgan fingerprint density at radius 2 is 1.78 bits per heavy atom. The van der Waals surface area contributed by atoms with Crippen LogP contribution in [0.1, 0.15) is 35.6 Å². The molecule has 0 bridgehead atoms. The van der Waals surface area contributed by atoms with Crippen molar-refractivity contribution in [1.82, 2.24) is 10.2 Å². The first-order valence-electron chi connectivity index (χ1n) is 11.4. The molecule has 1 saturated heterocycles. The van der Waals surface area contributed by atoms with Crippen LogP contribution in [0, 0.1) is 5.41 Å². The minimum absolute atomic E-state index is 0.0134. The molecular weight excluding hydrogens is 466 g/mol. The molecule has 3 atom stereocenters. The third kappa shape index (κ3) is 5.96. The van der Waals surface area contributed by atoms with Crippen LogP contribution < -0.4 is 5.32 Å². The van der Waals surface area contributed by atoms with Crippen molar-refractivity contribution < 1.29 is 34.4 Å². The zero-order chi connectivity index (χ0) is 26.2. The molecule has 10 nitrogen and oxygen atoms in total. The van der Waals surface area contributed by atoms with Gasteiger partial charge in [0.05, 0.1) is 25.1 Å². The Morgan fingerprint density at radius 1 is 1.11 bits per heavy atom. The highest BCUT2D eigenvalue weighted by atomic mass is 16.5. The van der Waals surface area contributed by atoms with Crippen LogP contribution in [-0.2, 0) is 25.7 Å². The number of hydrogen-bond donors (Lipinski definition) is 5. The average molecular weight is 496 g/mol. The third-order valence-electron chi connectivity index (χ3n) is 6.05. The van der Waals surface area contributed by atoms with Gasteiger partial charge in [-0.15, -0.1) is 0 Å². The molecule has 0 aromatic heterocycles. The molecule has 0 saturated carbocycles. The monoisotopic (exact) mass is 495 g/mol. The van der Waals surface area contributed by atoms with Crippen LogP contribution in [0.25, 0.3) is 0 Å². The third-order valence-corrected chi connectivity index (χ3v) is 6.05. The number of amides is 2. The van der Waals surface area contributed by atoms with Gasteiger partial charge in [-0.05, 0) is 24.0 Å². The maximum absolute atomic E-state index is 12.9. The van der Waals surface area contributed by atoms with Gasteiger partial charge >= 0.3 is 5.97 Å². The van der Waals surface area contributed by atoms with E-state index in [-0.39, 0.29) is 23.9 Å². The van der Waals surface area contributed by atoms with Gasteiger partial charge in [0, 0.05) is 18.7 Å². The molecule has 0 unspecified atom stereocenters. The van der Waals surface area contributed by atoms with Gasteiger partial charge in [0.1, 0.15) is 5.57 Å². The molecule has 0 spiro atoms. The van der Waals surface area contributed by atoms with Gasteiger partial charge in [-0.1, -0.05) is 54.6 Å². The van der Waals surface area contributed by atoms with Gasteiger partial charge in [-0.25, -0.2) is 4.79 Å². The lowest BCUT2D eigenvalue weighted by Gasteiger charge is -2.28. The first-order chi connectivity index (χ1) is 17.3. The molecule has 10 heteroatoms. The first kappa shape index (κ1) is 26.6. The summed E-state index contributed by atoms with van der Waals surface area (Å²) in [4.78, 5) is 38.4. The van der Waals surface area contributed by atoms with Crippen LogP contribution >= 0.6 is 0 Å². The highest BCUT2D eigenvalue weighted by Gasteiger charge is 2.38. The van der Waals surface area contributed by atoms with Gasteiger partial charge in [-0.3, -0.25) is 15.0 Å². The van der Waals surface area contributed by atoms with E-state index in [1.807, 2.05) is 30.3 Å². The van der Waals surface area contributed by atoms with Crippen molar-refractivity contribution in [3.63, 3.8) is 0 Å². The van der Waals surface area contributed by atoms with Gasteiger partial charge in [0.15, 0.2) is 12.2 Å². The molecule has 2 aromatic rings. The first-order valence-corrected chi connectivity index (χ1v) is 11.4. The number of nitrogens with one attached hydrogen (secondary N) is 2. The summed E-state index contributed by atoms with van der Waals surface area (Å²) >= 11 is 0. The molecule has 0 radical (unpaired) electrons. The Bertz CT molecular complexity index is 1130. The second-order valence-electron chi connectivity index (χ2n) is 8.31. The number of carbonyl (C=O) groups is 3. The molecule has 5 N–H and O–H groups in total. The lowest BCUT2D eigenvalue weighted by molar-refractivity contribution is -0.153. The fraction of sp³-hybridized carbons (Fsp3) is 0.308. The van der Waals surface area contributed by atoms with Gasteiger partial charge in [0.25, 0.3) is 11.8 Å². The molecule has 2 aromatic carbocycles. The van der Waals surface area contributed by atoms with E-state index < -0.39 is 30.0 Å². The predicted octanol–water partition coefficient (Wildman–Crippen LogP) is 1.37. The number of aliphatic hydroxyl groups excluding tert-OH is 3. The van der Waals surface area contributed by atoms with E-state index in [4.69, 9.17) is 5.41 Å². The maximum Gasteiger partial charge on any atom is 0.343 e. The van der Waals surface area contributed by atoms with Gasteiger partial charge < -0.3 is 30.3 Å². The number of rotatable bonds is 9. The standard InChI is InChI=1S/C26H29N3O7/c1-36-26(35)19(15-30)21(27)18-11-9-16(10-12-18)14-28-24(33)22(31)23(32)25(34)29-13-5-8-20(29)17-6-3-2-4-7-17/h2-4,6-7,9-12,15,20,22-23,27,30-32H,5,8,13-14H2,1H3,(H,28,33)/b19-15+,27-21?/t20-,22+,23+/m0/s1. The summed E-state index contributed by atoms with van der Waals surface area (Å²) in [6.07, 6.45) is -1.87. The van der Waals surface area contributed by atoms with Crippen molar-refractivity contribution in [1.29, 1.82) is 5.41 Å². The number of hydrogen-bond acceptors (Lipinski definition) is 8. The zero-order valence-electron chi connectivity index (χ0n) is 19.8. The summed E-state index contributed by atoms with van der Waals surface area (Å²) in [5, 5.41) is 40.5. The molecule has 36 heavy (non-hydrogen) atoms. The molecule has 1 fully saturated rings. The fourth-order valence-corrected chi connectivity index (χ4v) is 4.07. The molecule has 0 aliphatic carbocycles. The van der Waals surface area contributed by atoms with E-state index in [1.165, 1.54) is 17.0 Å². The summed E-state index contributed by atoms with van der Waals surface area (Å²) in [6.45, 7) is 0.411. The second kappa shape index (κ2) is 12.1. The number of benzene rings is 2. The molecular formula is C26H29N3O7. The van der Waals surface area contributed by atoms with Crippen molar-refractivity contribution in [3.8, 4) is 0 Å². The van der Waals surface area contributed by atoms with Crippen molar-refractivity contribution in [2.24, 2.45) is 0 Å². The van der Waals surface area contributed by atoms with Crippen molar-refractivity contribution in [3.05, 3.63) is 83.1 Å². The van der Waals surface area contributed by atoms with Crippen LogP contribution in [-0.4, -0.2) is 69.6 Å². The van der Waals surface area contributed by atoms with E-state index in [0.717, 1.165) is 25.5 Å². The normalized spacial score (nSPS) is 17.2. The van der Waals surface area contributed by atoms with Gasteiger partial charge in [0.2, 0.25) is 0 Å². The summed E-state index contributed by atoms with van der Waals surface area (Å²) < 4.78 is 4.53. The van der Waals surface area contributed by atoms with Crippen LogP contribution in [0.2, 0.25) is 0 Å². The summed E-state index contributed by atoms with van der Waals surface area (Å²) in [6, 6.07) is 15.4. The Hall–Kier alpha value is -4.02. The quantitative estimate of drug-likeness (QED) is 0.152. The minimum Gasteiger partial charge on any atom is -0.515 e. The topological polar surface area (TPSA) is 160 Å². The van der Waals surface area contributed by atoms with Crippen molar-refractivity contribution >= 4 is 23.5 Å². The number of esters is 1. The molecule has 3 rings (SSSR count). The fourth-order valence-electron chi connectivity index (χ4n) is 4.07. The average Bonchev–Trinajstić information content (AvgIpc) is 3.41. The SMILES string of the molecule is COC(=O)/C(=C/O)C(=N)c1ccc(CNC(=O)[C@H](O)[C@@H](O)C(=O)N2CCC[C@H]2c2ccccc2)cc1. The number of methoxy groups -OCH3 is 1. The van der Waals surface area contributed by atoms with E-state index in [0.29, 0.717) is 23.9 Å². The molecule has 2 amide bonds. The van der Waals surface area contributed by atoms with Gasteiger partial charge in [-0.2, -0.15) is 0 Å². The molecule has 1 aliphatic heterocycles. The minimum atomic E-state index is -1.95. The predicted molar refractivity (Wildman–Crippen MR) is 130 cm³/mol. The van der Waals surface area contributed by atoms with Crippen LogP contribution in [0.5, 0.6) is 0 Å². The highest BCUT2D eigenvalue weighted by Crippen LogP contribution is 2.32. The van der Waals surface area contributed by atoms with Crippen LogP contribution in [0.4, 0.5) is 0 Å². The van der Waals surface area contributed by atoms with Crippen LogP contribution in [0.15, 0.2) is 66.4 Å². The van der Waals surface area contributed by atoms with E-state index in [9.17, 15) is 29.7 Å². The molecule has 1 heterocycles. The number of ether oxygens (including phenoxy) is 1. The summed E-state index contributed by atoms with van der Waals surface area (Å²) in [5.41, 5.74) is 1.30. The lowest BCUT2D eigenvalue weighted by Crippen LogP contribution is -2.50. The number of likely N-dealkylation sites (tertiary alicyclic amines) is 1. The van der Waals surface area contributed by atoms with E-state index >= 15 is 0 Å². The highest BCUT2D eigenvalue weighted by molar-refractivity contribution is 6.25. The van der Waals surface area contributed by atoms with Crippen LogP contribution in [0.3, 0.4) is 0 Å². The number of aliphatic hydroxyl groups is 3. The van der Waals surface area contributed by atoms with Crippen molar-refractivity contribution in [2.45, 2.75) is 37.6 Å².